The summed E-state index contributed by atoms with van der Waals surface area (Å²) < 4.78 is 2.09. The minimum Gasteiger partial charge on any atom is -0.357 e. The van der Waals surface area contributed by atoms with E-state index in [1.807, 2.05) is 0 Å². The lowest BCUT2D eigenvalue weighted by Gasteiger charge is -2.33. The molecule has 0 radical (unpaired) electrons. The number of hydrogen-bond acceptors (Lipinski definition) is 3. The molecule has 0 spiro atoms. The lowest BCUT2D eigenvalue weighted by Crippen LogP contribution is -2.56. The predicted octanol–water partition coefficient (Wildman–Crippen LogP) is 3.48. The van der Waals surface area contributed by atoms with Crippen molar-refractivity contribution < 1.29 is 4.68 Å². The Kier molecular flexibility index (Phi) is 4.24. The summed E-state index contributed by atoms with van der Waals surface area (Å²) in [6.45, 7) is 8.39. The van der Waals surface area contributed by atoms with E-state index in [9.17, 15) is 0 Å². The molecular formula is C23H27N6+. The summed E-state index contributed by atoms with van der Waals surface area (Å²) in [6.07, 6.45) is 1.04. The molecule has 0 amide bonds. The Hall–Kier alpha value is -2.99. The van der Waals surface area contributed by atoms with Crippen molar-refractivity contribution in [2.24, 2.45) is 0 Å². The fourth-order valence-electron chi connectivity index (χ4n) is 4.37. The van der Waals surface area contributed by atoms with Crippen LogP contribution in [0.5, 0.6) is 0 Å². The fourth-order valence-corrected chi connectivity index (χ4v) is 4.37. The SMILES string of the molecule is CC(C)(C)[n+]1[nH]nnc1C(c1cc2ccccc2[nH]1)N1CCc2ccccc2C1. The lowest BCUT2D eigenvalue weighted by molar-refractivity contribution is -0.813. The minimum atomic E-state index is -0.142. The van der Waals surface area contributed by atoms with Gasteiger partial charge in [-0.1, -0.05) is 47.7 Å². The number of aromatic nitrogens is 5. The van der Waals surface area contributed by atoms with E-state index in [0.29, 0.717) is 0 Å². The highest BCUT2D eigenvalue weighted by Gasteiger charge is 2.38. The van der Waals surface area contributed by atoms with Gasteiger partial charge in [-0.05, 0) is 55.8 Å². The Labute approximate surface area is 170 Å². The first kappa shape index (κ1) is 18.1. The maximum atomic E-state index is 4.56. The van der Waals surface area contributed by atoms with Crippen LogP contribution in [0.3, 0.4) is 0 Å². The van der Waals surface area contributed by atoms with Crippen molar-refractivity contribution in [2.75, 3.05) is 6.54 Å². The van der Waals surface area contributed by atoms with Gasteiger partial charge in [0.25, 0.3) is 0 Å². The lowest BCUT2D eigenvalue weighted by atomic mass is 9.97. The number of benzene rings is 2. The van der Waals surface area contributed by atoms with Gasteiger partial charge in [-0.3, -0.25) is 4.90 Å². The molecule has 2 aromatic carbocycles. The molecule has 0 aliphatic carbocycles. The molecule has 3 heterocycles. The Bertz CT molecular complexity index is 1120. The van der Waals surface area contributed by atoms with E-state index >= 15 is 0 Å². The summed E-state index contributed by atoms with van der Waals surface area (Å²) in [6, 6.07) is 19.4. The van der Waals surface area contributed by atoms with Gasteiger partial charge < -0.3 is 4.98 Å². The molecule has 0 saturated heterocycles. The second kappa shape index (κ2) is 6.81. The largest absolute Gasteiger partial charge is 0.357 e. The van der Waals surface area contributed by atoms with Crippen LogP contribution in [0.1, 0.15) is 49.5 Å². The number of H-pyrrole nitrogens is 2. The number of fused-ring (bicyclic) bond motifs is 2. The molecule has 4 aromatic rings. The van der Waals surface area contributed by atoms with Crippen LogP contribution in [0.2, 0.25) is 0 Å². The third-order valence-corrected chi connectivity index (χ3v) is 5.81. The average molecular weight is 388 g/mol. The summed E-state index contributed by atoms with van der Waals surface area (Å²) in [5, 5.41) is 13.1. The van der Waals surface area contributed by atoms with Gasteiger partial charge in [0.05, 0.1) is 0 Å². The zero-order valence-electron chi connectivity index (χ0n) is 17.2. The highest BCUT2D eigenvalue weighted by Crippen LogP contribution is 2.32. The zero-order chi connectivity index (χ0) is 20.0. The van der Waals surface area contributed by atoms with E-state index in [4.69, 9.17) is 0 Å². The molecule has 29 heavy (non-hydrogen) atoms. The van der Waals surface area contributed by atoms with Gasteiger partial charge >= 0.3 is 5.82 Å². The third kappa shape index (κ3) is 3.23. The summed E-state index contributed by atoms with van der Waals surface area (Å²) in [5.74, 6) is 0.934. The van der Waals surface area contributed by atoms with Crippen molar-refractivity contribution in [3.63, 3.8) is 0 Å². The van der Waals surface area contributed by atoms with E-state index in [1.165, 1.54) is 16.5 Å². The van der Waals surface area contributed by atoms with E-state index in [2.05, 4.69) is 105 Å². The van der Waals surface area contributed by atoms with Crippen molar-refractivity contribution in [1.29, 1.82) is 0 Å². The molecule has 1 unspecified atom stereocenters. The van der Waals surface area contributed by atoms with E-state index < -0.39 is 0 Å². The van der Waals surface area contributed by atoms with Crippen LogP contribution in [-0.2, 0) is 18.5 Å². The quantitative estimate of drug-likeness (QED) is 0.529. The third-order valence-electron chi connectivity index (χ3n) is 5.81. The topological polar surface area (TPSA) is 64.5 Å². The maximum Gasteiger partial charge on any atom is 0.324 e. The first-order valence-electron chi connectivity index (χ1n) is 10.2. The zero-order valence-corrected chi connectivity index (χ0v) is 17.2. The number of hydrogen-bond donors (Lipinski definition) is 2. The molecular weight excluding hydrogens is 360 g/mol. The second-order valence-electron chi connectivity index (χ2n) is 8.87. The fraction of sp³-hybridized carbons (Fsp3) is 0.348. The van der Waals surface area contributed by atoms with E-state index in [-0.39, 0.29) is 11.6 Å². The smallest absolute Gasteiger partial charge is 0.324 e. The first-order chi connectivity index (χ1) is 14.0. The highest BCUT2D eigenvalue weighted by atomic mass is 15.6. The van der Waals surface area contributed by atoms with Crippen molar-refractivity contribution in [1.82, 2.24) is 25.4 Å². The van der Waals surface area contributed by atoms with Crippen LogP contribution in [0.25, 0.3) is 10.9 Å². The molecule has 1 atom stereocenters. The Morgan fingerprint density at radius 1 is 1.03 bits per heavy atom. The molecule has 2 N–H and O–H groups in total. The van der Waals surface area contributed by atoms with Crippen molar-refractivity contribution in [3.05, 3.63) is 77.2 Å². The number of nitrogens with one attached hydrogen (secondary N) is 2. The van der Waals surface area contributed by atoms with Crippen LogP contribution >= 0.6 is 0 Å². The molecule has 6 nitrogen and oxygen atoms in total. The molecule has 6 heteroatoms. The van der Waals surface area contributed by atoms with Crippen molar-refractivity contribution in [3.8, 4) is 0 Å². The second-order valence-corrected chi connectivity index (χ2v) is 8.87. The Morgan fingerprint density at radius 2 is 1.79 bits per heavy atom. The van der Waals surface area contributed by atoms with Gasteiger partial charge in [0, 0.05) is 24.3 Å². The predicted molar refractivity (Wildman–Crippen MR) is 112 cm³/mol. The maximum absolute atomic E-state index is 4.56. The summed E-state index contributed by atoms with van der Waals surface area (Å²) in [7, 11) is 0. The van der Waals surface area contributed by atoms with Crippen LogP contribution in [0, 0.1) is 0 Å². The van der Waals surface area contributed by atoms with Gasteiger partial charge in [0.15, 0.2) is 5.21 Å². The number of rotatable bonds is 3. The molecule has 0 bridgehead atoms. The molecule has 1 aliphatic rings. The molecule has 0 saturated carbocycles. The normalized spacial score (nSPS) is 16.1. The van der Waals surface area contributed by atoms with Gasteiger partial charge in [0.1, 0.15) is 16.7 Å². The highest BCUT2D eigenvalue weighted by molar-refractivity contribution is 5.80. The van der Waals surface area contributed by atoms with Crippen molar-refractivity contribution >= 4 is 10.9 Å². The Morgan fingerprint density at radius 3 is 2.59 bits per heavy atom. The van der Waals surface area contributed by atoms with Crippen molar-refractivity contribution in [2.45, 2.75) is 45.3 Å². The standard InChI is InChI=1S/C23H26N6/c1-23(2,3)29-22(25-26-27-29)21(20-14-17-9-6-7-11-19(17)24-20)28-13-12-16-8-4-5-10-18(16)15-28/h4-11,14,21,24H,12-13,15H2,1-3H3/p+1. The summed E-state index contributed by atoms with van der Waals surface area (Å²) in [5.41, 5.74) is 5.00. The van der Waals surface area contributed by atoms with Crippen LogP contribution < -0.4 is 4.68 Å². The van der Waals surface area contributed by atoms with Gasteiger partial charge in [-0.25, -0.2) is 0 Å². The molecule has 1 aliphatic heterocycles. The number of tetrazole rings is 1. The van der Waals surface area contributed by atoms with Gasteiger partial charge in [0.2, 0.25) is 0 Å². The van der Waals surface area contributed by atoms with Crippen LogP contribution in [0.15, 0.2) is 54.6 Å². The average Bonchev–Trinajstić information content (AvgIpc) is 3.35. The van der Waals surface area contributed by atoms with E-state index in [1.54, 1.807) is 0 Å². The monoisotopic (exact) mass is 387 g/mol. The van der Waals surface area contributed by atoms with Crippen LogP contribution in [0.4, 0.5) is 0 Å². The molecule has 2 aromatic heterocycles. The number of nitrogens with zero attached hydrogens (tertiary/aromatic N) is 4. The first-order valence-corrected chi connectivity index (χ1v) is 10.2. The van der Waals surface area contributed by atoms with Crippen LogP contribution in [-0.4, -0.2) is 32.0 Å². The number of aromatic amines is 2. The molecule has 148 valence electrons. The summed E-state index contributed by atoms with van der Waals surface area (Å²) >= 11 is 0. The van der Waals surface area contributed by atoms with Gasteiger partial charge in [-0.15, -0.1) is 0 Å². The molecule has 5 rings (SSSR count). The summed E-state index contributed by atoms with van der Waals surface area (Å²) in [4.78, 5) is 6.15. The minimum absolute atomic E-state index is 0.00580. The van der Waals surface area contributed by atoms with Gasteiger partial charge in [-0.2, -0.15) is 4.68 Å². The Balaban J connectivity index is 1.63. The number of para-hydroxylation sites is 1. The van der Waals surface area contributed by atoms with E-state index in [0.717, 1.165) is 36.5 Å². The molecule has 0 fully saturated rings.